The van der Waals surface area contributed by atoms with E-state index in [0.29, 0.717) is 5.75 Å². The van der Waals surface area contributed by atoms with E-state index in [9.17, 15) is 4.79 Å². The maximum atomic E-state index is 11.0. The molecule has 0 fully saturated rings. The second-order valence-electron chi connectivity index (χ2n) is 2.85. The largest absolute Gasteiger partial charge is 0.425 e. The predicted molar refractivity (Wildman–Crippen MR) is 55.4 cm³/mol. The van der Waals surface area contributed by atoms with Gasteiger partial charge in [-0.3, -0.25) is 4.79 Å². The number of hydrogen-bond acceptors (Lipinski definition) is 3. The summed E-state index contributed by atoms with van der Waals surface area (Å²) in [5.74, 6) is 0.440. The number of carbonyl (C=O) groups excluding carboxylic acids is 1. The summed E-state index contributed by atoms with van der Waals surface area (Å²) < 4.78 is 5.11. The summed E-state index contributed by atoms with van der Waals surface area (Å²) in [7, 11) is 0. The van der Waals surface area contributed by atoms with Crippen molar-refractivity contribution >= 4 is 18.6 Å². The summed E-state index contributed by atoms with van der Waals surface area (Å²) in [5, 5.41) is 0. The summed E-state index contributed by atoms with van der Waals surface area (Å²) in [6.45, 7) is 3.82. The highest BCUT2D eigenvalue weighted by Crippen LogP contribution is 2.22. The average Bonchev–Trinajstić information content (AvgIpc) is 2.11. The first-order valence-corrected chi connectivity index (χ1v) is 4.66. The van der Waals surface area contributed by atoms with E-state index < -0.39 is 0 Å². The molecule has 0 aliphatic carbocycles. The molecule has 1 aromatic rings. The van der Waals surface area contributed by atoms with E-state index in [4.69, 9.17) is 4.74 Å². The van der Waals surface area contributed by atoms with Gasteiger partial charge in [0.2, 0.25) is 0 Å². The minimum atomic E-state index is -0.319. The van der Waals surface area contributed by atoms with Gasteiger partial charge in [-0.25, -0.2) is 0 Å². The van der Waals surface area contributed by atoms with Gasteiger partial charge in [-0.2, -0.15) is 12.6 Å². The van der Waals surface area contributed by atoms with Gasteiger partial charge in [0, 0.05) is 0 Å². The molecule has 0 N–H and O–H groups in total. The Morgan fingerprint density at radius 2 is 1.92 bits per heavy atom. The third-order valence-electron chi connectivity index (χ3n) is 1.75. The molecule has 0 saturated heterocycles. The summed E-state index contributed by atoms with van der Waals surface area (Å²) >= 11 is 3.84. The van der Waals surface area contributed by atoms with Crippen LogP contribution in [-0.4, -0.2) is 11.7 Å². The van der Waals surface area contributed by atoms with Crippen molar-refractivity contribution in [2.75, 3.05) is 5.75 Å². The second-order valence-corrected chi connectivity index (χ2v) is 3.17. The Labute approximate surface area is 83.3 Å². The monoisotopic (exact) mass is 196 g/mol. The molecule has 70 valence electrons. The molecule has 0 spiro atoms. The highest BCUT2D eigenvalue weighted by Gasteiger charge is 2.07. The molecule has 0 radical (unpaired) electrons. The van der Waals surface area contributed by atoms with Gasteiger partial charge in [-0.1, -0.05) is 18.2 Å². The molecule has 3 heteroatoms. The lowest BCUT2D eigenvalue weighted by Gasteiger charge is -2.08. The van der Waals surface area contributed by atoms with Gasteiger partial charge in [0.15, 0.2) is 0 Å². The summed E-state index contributed by atoms with van der Waals surface area (Å²) in [6, 6.07) is 5.75. The van der Waals surface area contributed by atoms with Crippen LogP contribution >= 0.6 is 12.6 Å². The van der Waals surface area contributed by atoms with Crippen molar-refractivity contribution in [3.05, 3.63) is 29.3 Å². The Morgan fingerprint density at radius 1 is 1.38 bits per heavy atom. The van der Waals surface area contributed by atoms with E-state index in [1.54, 1.807) is 0 Å². The van der Waals surface area contributed by atoms with Gasteiger partial charge in [0.1, 0.15) is 5.75 Å². The van der Waals surface area contributed by atoms with E-state index in [1.807, 2.05) is 32.0 Å². The topological polar surface area (TPSA) is 26.3 Å². The minimum Gasteiger partial charge on any atom is -0.425 e. The number of benzene rings is 1. The summed E-state index contributed by atoms with van der Waals surface area (Å²) in [5.41, 5.74) is 1.94. The molecule has 0 unspecified atom stereocenters. The molecule has 0 aliphatic heterocycles. The van der Waals surface area contributed by atoms with Crippen molar-refractivity contribution in [2.45, 2.75) is 13.8 Å². The number of hydrogen-bond donors (Lipinski definition) is 1. The fraction of sp³-hybridized carbons (Fsp3) is 0.300. The molecule has 0 bridgehead atoms. The molecular weight excluding hydrogens is 184 g/mol. The number of esters is 1. The van der Waals surface area contributed by atoms with Gasteiger partial charge in [-0.15, -0.1) is 0 Å². The van der Waals surface area contributed by atoms with Crippen molar-refractivity contribution in [1.82, 2.24) is 0 Å². The third kappa shape index (κ3) is 2.49. The Balaban J connectivity index is 2.93. The molecule has 0 heterocycles. The van der Waals surface area contributed by atoms with Crippen LogP contribution in [-0.2, 0) is 4.79 Å². The van der Waals surface area contributed by atoms with Crippen LogP contribution in [0.4, 0.5) is 0 Å². The zero-order valence-corrected chi connectivity index (χ0v) is 8.60. The first-order chi connectivity index (χ1) is 6.15. The molecule has 1 rings (SSSR count). The van der Waals surface area contributed by atoms with Crippen molar-refractivity contribution in [1.29, 1.82) is 0 Å². The van der Waals surface area contributed by atoms with E-state index in [2.05, 4.69) is 12.6 Å². The number of rotatable bonds is 2. The van der Waals surface area contributed by atoms with E-state index >= 15 is 0 Å². The van der Waals surface area contributed by atoms with Crippen LogP contribution in [0.2, 0.25) is 0 Å². The van der Waals surface area contributed by atoms with Gasteiger partial charge in [0.05, 0.1) is 5.75 Å². The molecule has 0 aliphatic rings. The van der Waals surface area contributed by atoms with Crippen LogP contribution < -0.4 is 4.74 Å². The zero-order valence-electron chi connectivity index (χ0n) is 7.70. The van der Waals surface area contributed by atoms with Crippen molar-refractivity contribution in [2.24, 2.45) is 0 Å². The summed E-state index contributed by atoms with van der Waals surface area (Å²) in [6.07, 6.45) is 0. The highest BCUT2D eigenvalue weighted by molar-refractivity contribution is 7.81. The number of thiol groups is 1. The molecule has 0 atom stereocenters. The lowest BCUT2D eigenvalue weighted by Crippen LogP contribution is -2.10. The molecule has 1 aromatic carbocycles. The maximum Gasteiger partial charge on any atom is 0.321 e. The van der Waals surface area contributed by atoms with Crippen molar-refractivity contribution < 1.29 is 9.53 Å². The predicted octanol–water partition coefficient (Wildman–Crippen LogP) is 2.14. The number of aryl methyl sites for hydroxylation is 2. The van der Waals surface area contributed by atoms with Crippen LogP contribution in [0.5, 0.6) is 5.75 Å². The molecule has 0 saturated carbocycles. The van der Waals surface area contributed by atoms with E-state index in [1.165, 1.54) is 0 Å². The molecule has 0 amide bonds. The third-order valence-corrected chi connectivity index (χ3v) is 2.01. The minimum absolute atomic E-state index is 0.105. The van der Waals surface area contributed by atoms with Gasteiger partial charge in [-0.05, 0) is 25.0 Å². The van der Waals surface area contributed by atoms with Crippen LogP contribution in [0.15, 0.2) is 18.2 Å². The normalized spacial score (nSPS) is 9.77. The van der Waals surface area contributed by atoms with E-state index in [-0.39, 0.29) is 11.7 Å². The number of carbonyl (C=O) groups is 1. The second kappa shape index (κ2) is 4.33. The van der Waals surface area contributed by atoms with Gasteiger partial charge in [0.25, 0.3) is 0 Å². The van der Waals surface area contributed by atoms with Crippen molar-refractivity contribution in [3.8, 4) is 5.75 Å². The SMILES string of the molecule is Cc1cccc(C)c1OC(=O)CS. The fourth-order valence-electron chi connectivity index (χ4n) is 1.11. The Bertz CT molecular complexity index is 300. The number of ether oxygens (including phenoxy) is 1. The highest BCUT2D eigenvalue weighted by atomic mass is 32.1. The Morgan fingerprint density at radius 3 is 2.38 bits per heavy atom. The van der Waals surface area contributed by atoms with Gasteiger partial charge >= 0.3 is 5.97 Å². The fourth-order valence-corrected chi connectivity index (χ4v) is 1.17. The Hall–Kier alpha value is -0.960. The molecule has 0 aromatic heterocycles. The zero-order chi connectivity index (χ0) is 9.84. The smallest absolute Gasteiger partial charge is 0.321 e. The van der Waals surface area contributed by atoms with Crippen molar-refractivity contribution in [3.63, 3.8) is 0 Å². The summed E-state index contributed by atoms with van der Waals surface area (Å²) in [4.78, 5) is 11.0. The van der Waals surface area contributed by atoms with Crippen LogP contribution in [0.25, 0.3) is 0 Å². The van der Waals surface area contributed by atoms with Crippen LogP contribution in [0.3, 0.4) is 0 Å². The van der Waals surface area contributed by atoms with Gasteiger partial charge < -0.3 is 4.74 Å². The lowest BCUT2D eigenvalue weighted by atomic mass is 10.1. The Kier molecular flexibility index (Phi) is 3.37. The molecule has 13 heavy (non-hydrogen) atoms. The average molecular weight is 196 g/mol. The lowest BCUT2D eigenvalue weighted by molar-refractivity contribution is -0.131. The van der Waals surface area contributed by atoms with Crippen LogP contribution in [0.1, 0.15) is 11.1 Å². The van der Waals surface area contributed by atoms with E-state index in [0.717, 1.165) is 11.1 Å². The molecular formula is C10H12O2S. The first-order valence-electron chi connectivity index (χ1n) is 4.03. The standard InChI is InChI=1S/C10H12O2S/c1-7-4-3-5-8(2)10(7)12-9(11)6-13/h3-5,13H,6H2,1-2H3. The maximum absolute atomic E-state index is 11.0. The number of para-hydroxylation sites is 1. The quantitative estimate of drug-likeness (QED) is 0.445. The van der Waals surface area contributed by atoms with Crippen LogP contribution in [0, 0.1) is 13.8 Å². The molecule has 2 nitrogen and oxygen atoms in total. The first kappa shape index (κ1) is 10.1.